The maximum Gasteiger partial charge on any atom is 0.234 e. The zero-order valence-corrected chi connectivity index (χ0v) is 13.0. The molecule has 6 nitrogen and oxygen atoms in total. The van der Waals surface area contributed by atoms with Crippen molar-refractivity contribution in [3.63, 3.8) is 0 Å². The Bertz CT molecular complexity index is 685. The third kappa shape index (κ3) is 4.27. The predicted octanol–water partition coefficient (Wildman–Crippen LogP) is 1.25. The SMILES string of the molecule is Cc1nnc(SCC(=O)Nc2ccc(C(=O)[O-])cc2C)s1. The number of nitrogens with one attached hydrogen (secondary N) is 1. The standard InChI is InChI=1S/C13H13N3O3S2/c1-7-5-9(12(18)19)3-4-10(7)14-11(17)6-20-13-16-15-8(2)21-13/h3-5H,6H2,1-2H3,(H,14,17)(H,18,19)/p-1. The number of hydrogen-bond donors (Lipinski definition) is 1. The molecule has 1 amide bonds. The van der Waals surface area contributed by atoms with E-state index in [1.165, 1.54) is 35.2 Å². The van der Waals surface area contributed by atoms with E-state index in [-0.39, 0.29) is 17.2 Å². The number of thioether (sulfide) groups is 1. The van der Waals surface area contributed by atoms with E-state index in [0.29, 0.717) is 11.3 Å². The number of carboxylic acid groups (broad SMARTS) is 1. The topological polar surface area (TPSA) is 95.0 Å². The first kappa shape index (κ1) is 15.5. The van der Waals surface area contributed by atoms with Gasteiger partial charge in [-0.2, -0.15) is 0 Å². The molecule has 0 saturated carbocycles. The number of aromatic nitrogens is 2. The van der Waals surface area contributed by atoms with Crippen molar-refractivity contribution >= 4 is 40.7 Å². The summed E-state index contributed by atoms with van der Waals surface area (Å²) in [4.78, 5) is 22.6. The summed E-state index contributed by atoms with van der Waals surface area (Å²) in [5.74, 6) is -1.20. The van der Waals surface area contributed by atoms with Gasteiger partial charge in [0.05, 0.1) is 11.7 Å². The molecule has 0 aliphatic rings. The van der Waals surface area contributed by atoms with Gasteiger partial charge < -0.3 is 15.2 Å². The van der Waals surface area contributed by atoms with Crippen LogP contribution in [0.4, 0.5) is 5.69 Å². The number of aryl methyl sites for hydroxylation is 2. The van der Waals surface area contributed by atoms with Gasteiger partial charge in [0.1, 0.15) is 5.01 Å². The lowest BCUT2D eigenvalue weighted by molar-refractivity contribution is -0.255. The Kier molecular flexibility index (Phi) is 4.92. The fraction of sp³-hybridized carbons (Fsp3) is 0.231. The van der Waals surface area contributed by atoms with Crippen LogP contribution in [0.15, 0.2) is 22.5 Å². The van der Waals surface area contributed by atoms with Gasteiger partial charge in [0, 0.05) is 5.69 Å². The van der Waals surface area contributed by atoms with Crippen molar-refractivity contribution in [3.05, 3.63) is 34.3 Å². The highest BCUT2D eigenvalue weighted by Gasteiger charge is 2.08. The molecular formula is C13H12N3O3S2-. The smallest absolute Gasteiger partial charge is 0.234 e. The van der Waals surface area contributed by atoms with E-state index in [1.54, 1.807) is 13.0 Å². The highest BCUT2D eigenvalue weighted by Crippen LogP contribution is 2.22. The normalized spacial score (nSPS) is 10.4. The molecule has 8 heteroatoms. The van der Waals surface area contributed by atoms with Crippen LogP contribution >= 0.6 is 23.1 Å². The van der Waals surface area contributed by atoms with Crippen LogP contribution in [0, 0.1) is 13.8 Å². The van der Waals surface area contributed by atoms with Crippen LogP contribution in [-0.4, -0.2) is 27.8 Å². The summed E-state index contributed by atoms with van der Waals surface area (Å²) in [6, 6.07) is 4.42. The summed E-state index contributed by atoms with van der Waals surface area (Å²) in [5.41, 5.74) is 1.34. The summed E-state index contributed by atoms with van der Waals surface area (Å²) in [6.07, 6.45) is 0. The van der Waals surface area contributed by atoms with Crippen molar-refractivity contribution in [2.24, 2.45) is 0 Å². The third-order valence-electron chi connectivity index (χ3n) is 2.57. The van der Waals surface area contributed by atoms with Crippen molar-refractivity contribution in [3.8, 4) is 0 Å². The molecule has 1 N–H and O–H groups in total. The van der Waals surface area contributed by atoms with E-state index >= 15 is 0 Å². The molecule has 0 saturated heterocycles. The van der Waals surface area contributed by atoms with Crippen LogP contribution in [0.25, 0.3) is 0 Å². The minimum absolute atomic E-state index is 0.0872. The highest BCUT2D eigenvalue weighted by atomic mass is 32.2. The van der Waals surface area contributed by atoms with Crippen molar-refractivity contribution < 1.29 is 14.7 Å². The molecule has 0 unspecified atom stereocenters. The van der Waals surface area contributed by atoms with Crippen LogP contribution in [0.2, 0.25) is 0 Å². The predicted molar refractivity (Wildman–Crippen MR) is 79.5 cm³/mol. The van der Waals surface area contributed by atoms with E-state index in [1.807, 2.05) is 6.92 Å². The highest BCUT2D eigenvalue weighted by molar-refractivity contribution is 8.01. The number of carboxylic acids is 1. The second-order valence-corrected chi connectivity index (χ2v) is 6.65. The Balaban J connectivity index is 1.94. The Morgan fingerprint density at radius 3 is 2.67 bits per heavy atom. The number of aromatic carboxylic acids is 1. The Morgan fingerprint density at radius 1 is 1.33 bits per heavy atom. The monoisotopic (exact) mass is 322 g/mol. The van der Waals surface area contributed by atoms with Crippen LogP contribution in [0.5, 0.6) is 0 Å². The number of carbonyl (C=O) groups excluding carboxylic acids is 2. The van der Waals surface area contributed by atoms with E-state index in [0.717, 1.165) is 9.35 Å². The van der Waals surface area contributed by atoms with Crippen molar-refractivity contribution in [2.75, 3.05) is 11.1 Å². The van der Waals surface area contributed by atoms with Gasteiger partial charge in [-0.05, 0) is 37.1 Å². The fourth-order valence-corrected chi connectivity index (χ4v) is 3.20. The Hall–Kier alpha value is -1.93. The van der Waals surface area contributed by atoms with E-state index in [9.17, 15) is 14.7 Å². The maximum atomic E-state index is 11.9. The molecule has 0 spiro atoms. The minimum Gasteiger partial charge on any atom is -0.545 e. The van der Waals surface area contributed by atoms with E-state index < -0.39 is 5.97 Å². The molecule has 0 aliphatic heterocycles. The molecule has 1 aromatic heterocycles. The molecule has 0 bridgehead atoms. The average molecular weight is 322 g/mol. The number of carbonyl (C=O) groups is 2. The van der Waals surface area contributed by atoms with Crippen molar-refractivity contribution in [1.29, 1.82) is 0 Å². The van der Waals surface area contributed by atoms with Gasteiger partial charge in [-0.1, -0.05) is 29.2 Å². The number of benzene rings is 1. The number of rotatable bonds is 5. The molecule has 2 aromatic rings. The summed E-state index contributed by atoms with van der Waals surface area (Å²) in [6.45, 7) is 3.58. The molecule has 0 atom stereocenters. The van der Waals surface area contributed by atoms with Gasteiger partial charge in [-0.25, -0.2) is 0 Å². The van der Waals surface area contributed by atoms with Crippen LogP contribution < -0.4 is 10.4 Å². The Labute approximate surface area is 129 Å². The van der Waals surface area contributed by atoms with Crippen molar-refractivity contribution in [2.45, 2.75) is 18.2 Å². The number of nitrogens with zero attached hydrogens (tertiary/aromatic N) is 2. The lowest BCUT2D eigenvalue weighted by Crippen LogP contribution is -2.22. The molecule has 2 rings (SSSR count). The number of hydrogen-bond acceptors (Lipinski definition) is 7. The van der Waals surface area contributed by atoms with Crippen LogP contribution in [-0.2, 0) is 4.79 Å². The lowest BCUT2D eigenvalue weighted by Gasteiger charge is -2.10. The fourth-order valence-electron chi connectivity index (χ4n) is 1.58. The van der Waals surface area contributed by atoms with Gasteiger partial charge in [0.15, 0.2) is 4.34 Å². The maximum absolute atomic E-state index is 11.9. The molecule has 1 heterocycles. The second kappa shape index (κ2) is 6.68. The average Bonchev–Trinajstić information content (AvgIpc) is 2.84. The first-order chi connectivity index (χ1) is 9.95. The van der Waals surface area contributed by atoms with Gasteiger partial charge >= 0.3 is 0 Å². The molecule has 110 valence electrons. The third-order valence-corrected chi connectivity index (χ3v) is 4.54. The summed E-state index contributed by atoms with van der Waals surface area (Å²) >= 11 is 2.74. The van der Waals surface area contributed by atoms with E-state index in [2.05, 4.69) is 15.5 Å². The summed E-state index contributed by atoms with van der Waals surface area (Å²) < 4.78 is 0.742. The molecular weight excluding hydrogens is 310 g/mol. The number of amides is 1. The van der Waals surface area contributed by atoms with Gasteiger partial charge in [-0.15, -0.1) is 10.2 Å². The molecule has 0 radical (unpaired) electrons. The summed E-state index contributed by atoms with van der Waals surface area (Å²) in [5, 5.41) is 22.1. The zero-order valence-electron chi connectivity index (χ0n) is 11.4. The number of anilines is 1. The minimum atomic E-state index is -1.24. The molecule has 0 fully saturated rings. The quantitative estimate of drug-likeness (QED) is 0.832. The van der Waals surface area contributed by atoms with Gasteiger partial charge in [0.25, 0.3) is 0 Å². The van der Waals surface area contributed by atoms with Crippen LogP contribution in [0.1, 0.15) is 20.9 Å². The molecule has 1 aromatic carbocycles. The first-order valence-electron chi connectivity index (χ1n) is 6.00. The molecule has 21 heavy (non-hydrogen) atoms. The molecule has 0 aliphatic carbocycles. The second-order valence-electron chi connectivity index (χ2n) is 4.24. The van der Waals surface area contributed by atoms with Crippen molar-refractivity contribution in [1.82, 2.24) is 10.2 Å². The Morgan fingerprint density at radius 2 is 2.10 bits per heavy atom. The van der Waals surface area contributed by atoms with Crippen LogP contribution in [0.3, 0.4) is 0 Å². The summed E-state index contributed by atoms with van der Waals surface area (Å²) in [7, 11) is 0. The van der Waals surface area contributed by atoms with Gasteiger partial charge in [-0.3, -0.25) is 4.79 Å². The largest absolute Gasteiger partial charge is 0.545 e. The first-order valence-corrected chi connectivity index (χ1v) is 7.80. The van der Waals surface area contributed by atoms with Gasteiger partial charge in [0.2, 0.25) is 5.91 Å². The lowest BCUT2D eigenvalue weighted by atomic mass is 10.1. The zero-order chi connectivity index (χ0) is 15.4. The van der Waals surface area contributed by atoms with E-state index in [4.69, 9.17) is 0 Å².